The molecule has 32 heavy (non-hydrogen) atoms. The first-order valence-electron chi connectivity index (χ1n) is 12.1. The summed E-state index contributed by atoms with van der Waals surface area (Å²) in [5.41, 5.74) is 5.78. The fourth-order valence-corrected chi connectivity index (χ4v) is 6.62. The molecule has 3 aliphatic rings. The molecule has 1 aromatic heterocycles. The van der Waals surface area contributed by atoms with Crippen molar-refractivity contribution in [3.05, 3.63) is 59.4 Å². The topological polar surface area (TPSA) is 47.4 Å². The number of aromatic nitrogens is 2. The fourth-order valence-electron chi connectivity index (χ4n) is 6.62. The van der Waals surface area contributed by atoms with Crippen molar-refractivity contribution in [1.29, 1.82) is 0 Å². The van der Waals surface area contributed by atoms with Crippen LogP contribution < -0.4 is 4.90 Å². The van der Waals surface area contributed by atoms with Crippen LogP contribution in [0.5, 0.6) is 0 Å². The number of fused-ring (bicyclic) bond motifs is 5. The highest BCUT2D eigenvalue weighted by molar-refractivity contribution is 5.95. The van der Waals surface area contributed by atoms with Crippen LogP contribution in [0, 0.1) is 11.8 Å². The molecule has 166 valence electrons. The first-order valence-corrected chi connectivity index (χ1v) is 12.1. The zero-order valence-electron chi connectivity index (χ0n) is 19.0. The summed E-state index contributed by atoms with van der Waals surface area (Å²) in [6.07, 6.45) is 7.82. The van der Waals surface area contributed by atoms with Crippen LogP contribution in [-0.2, 0) is 17.6 Å². The number of imidazole rings is 1. The summed E-state index contributed by atoms with van der Waals surface area (Å²) in [5.74, 6) is 2.82. The van der Waals surface area contributed by atoms with E-state index in [-0.39, 0.29) is 12.1 Å². The van der Waals surface area contributed by atoms with E-state index in [0.717, 1.165) is 42.3 Å². The second-order valence-corrected chi connectivity index (χ2v) is 9.96. The van der Waals surface area contributed by atoms with Gasteiger partial charge in [-0.2, -0.15) is 0 Å². The molecule has 3 aromatic rings. The van der Waals surface area contributed by atoms with Crippen molar-refractivity contribution < 1.29 is 9.53 Å². The van der Waals surface area contributed by atoms with E-state index in [1.165, 1.54) is 55.3 Å². The molecule has 1 amide bonds. The van der Waals surface area contributed by atoms with Gasteiger partial charge in [0, 0.05) is 24.1 Å². The number of rotatable bonds is 3. The standard InChI is InChI=1S/C27H31N3O2/c1-17-8-11-21-22(29(17)27(31)32-2)12-13-23-26(21)28-25(16-18-6-4-3-5-7-18)30(23)24-15-19-9-10-20(24)14-19/h3-7,12-13,17,19-20,24H,8-11,14-16H2,1-2H3/t17-,19+,20-,24-/m0/s1. The Kier molecular flexibility index (Phi) is 4.74. The number of anilines is 1. The predicted octanol–water partition coefficient (Wildman–Crippen LogP) is 5.90. The van der Waals surface area contributed by atoms with E-state index in [1.807, 2.05) is 4.90 Å². The zero-order valence-corrected chi connectivity index (χ0v) is 19.0. The molecule has 2 bridgehead atoms. The summed E-state index contributed by atoms with van der Waals surface area (Å²) < 4.78 is 7.69. The first-order chi connectivity index (χ1) is 15.6. The molecular formula is C27H31N3O2. The maximum atomic E-state index is 12.6. The van der Waals surface area contributed by atoms with Gasteiger partial charge in [-0.3, -0.25) is 4.90 Å². The Morgan fingerprint density at radius 2 is 1.94 bits per heavy atom. The summed E-state index contributed by atoms with van der Waals surface area (Å²) in [4.78, 5) is 19.7. The van der Waals surface area contributed by atoms with Crippen LogP contribution in [-0.4, -0.2) is 28.8 Å². The van der Waals surface area contributed by atoms with Crippen molar-refractivity contribution in [3.63, 3.8) is 0 Å². The second-order valence-electron chi connectivity index (χ2n) is 9.96. The smallest absolute Gasteiger partial charge is 0.414 e. The monoisotopic (exact) mass is 429 g/mol. The maximum absolute atomic E-state index is 12.6. The number of carbonyl (C=O) groups excluding carboxylic acids is 1. The number of amides is 1. The molecule has 2 aromatic carbocycles. The molecule has 0 radical (unpaired) electrons. The van der Waals surface area contributed by atoms with Crippen molar-refractivity contribution in [2.24, 2.45) is 11.8 Å². The van der Waals surface area contributed by atoms with Gasteiger partial charge in [-0.1, -0.05) is 36.8 Å². The molecule has 5 nitrogen and oxygen atoms in total. The highest BCUT2D eigenvalue weighted by Gasteiger charge is 2.42. The third-order valence-electron chi connectivity index (χ3n) is 8.14. The molecule has 4 atom stereocenters. The van der Waals surface area contributed by atoms with Crippen LogP contribution in [0.25, 0.3) is 11.0 Å². The number of hydrogen-bond acceptors (Lipinski definition) is 3. The van der Waals surface area contributed by atoms with Gasteiger partial charge in [-0.25, -0.2) is 9.78 Å². The van der Waals surface area contributed by atoms with Crippen LogP contribution in [0.3, 0.4) is 0 Å². The van der Waals surface area contributed by atoms with E-state index in [0.29, 0.717) is 6.04 Å². The van der Waals surface area contributed by atoms with Crippen LogP contribution in [0.15, 0.2) is 42.5 Å². The Labute approximate surface area is 189 Å². The van der Waals surface area contributed by atoms with Gasteiger partial charge >= 0.3 is 6.09 Å². The summed E-state index contributed by atoms with van der Waals surface area (Å²) in [5, 5.41) is 0. The van der Waals surface area contributed by atoms with E-state index in [1.54, 1.807) is 0 Å². The molecule has 2 saturated carbocycles. The molecule has 5 heteroatoms. The van der Waals surface area contributed by atoms with Gasteiger partial charge in [-0.15, -0.1) is 0 Å². The minimum atomic E-state index is -0.283. The van der Waals surface area contributed by atoms with E-state index >= 15 is 0 Å². The van der Waals surface area contributed by atoms with Gasteiger partial charge in [0.15, 0.2) is 0 Å². The molecular weight excluding hydrogens is 398 g/mol. The predicted molar refractivity (Wildman–Crippen MR) is 126 cm³/mol. The third kappa shape index (κ3) is 3.05. The summed E-state index contributed by atoms with van der Waals surface area (Å²) in [7, 11) is 1.46. The van der Waals surface area contributed by atoms with Crippen LogP contribution >= 0.6 is 0 Å². The number of ether oxygens (including phenoxy) is 1. The Balaban J connectivity index is 1.51. The van der Waals surface area contributed by atoms with E-state index in [9.17, 15) is 4.79 Å². The fraction of sp³-hybridized carbons (Fsp3) is 0.481. The Hall–Kier alpha value is -2.82. The van der Waals surface area contributed by atoms with Crippen molar-refractivity contribution in [3.8, 4) is 0 Å². The zero-order chi connectivity index (χ0) is 21.8. The average Bonchev–Trinajstić information content (AvgIpc) is 3.53. The lowest BCUT2D eigenvalue weighted by Crippen LogP contribution is -2.42. The van der Waals surface area contributed by atoms with Gasteiger partial charge in [0.05, 0.1) is 23.8 Å². The minimum absolute atomic E-state index is 0.129. The Morgan fingerprint density at radius 3 is 2.66 bits per heavy atom. The lowest BCUT2D eigenvalue weighted by atomic mass is 9.93. The molecule has 2 heterocycles. The van der Waals surface area contributed by atoms with Gasteiger partial charge < -0.3 is 9.30 Å². The lowest BCUT2D eigenvalue weighted by Gasteiger charge is -2.34. The number of nitrogens with zero attached hydrogens (tertiary/aromatic N) is 3. The number of carbonyl (C=O) groups is 1. The van der Waals surface area contributed by atoms with E-state index in [4.69, 9.17) is 9.72 Å². The molecule has 0 unspecified atom stereocenters. The summed E-state index contributed by atoms with van der Waals surface area (Å²) >= 11 is 0. The van der Waals surface area contributed by atoms with Crippen LogP contribution in [0.4, 0.5) is 10.5 Å². The number of hydrogen-bond donors (Lipinski definition) is 0. The van der Waals surface area contributed by atoms with Gasteiger partial charge in [-0.05, 0) is 68.6 Å². The van der Waals surface area contributed by atoms with E-state index in [2.05, 4.69) is 54.0 Å². The molecule has 2 fully saturated rings. The molecule has 2 aliphatic carbocycles. The largest absolute Gasteiger partial charge is 0.452 e. The molecule has 1 aliphatic heterocycles. The maximum Gasteiger partial charge on any atom is 0.414 e. The summed E-state index contributed by atoms with van der Waals surface area (Å²) in [6, 6.07) is 15.7. The van der Waals surface area contributed by atoms with Crippen molar-refractivity contribution in [2.45, 2.75) is 64.0 Å². The third-order valence-corrected chi connectivity index (χ3v) is 8.14. The molecule has 0 N–H and O–H groups in total. The van der Waals surface area contributed by atoms with Gasteiger partial charge in [0.2, 0.25) is 0 Å². The minimum Gasteiger partial charge on any atom is -0.452 e. The quantitative estimate of drug-likeness (QED) is 0.521. The van der Waals surface area contributed by atoms with Crippen LogP contribution in [0.1, 0.15) is 62.0 Å². The highest BCUT2D eigenvalue weighted by atomic mass is 16.5. The van der Waals surface area contributed by atoms with Gasteiger partial charge in [0.1, 0.15) is 5.82 Å². The molecule has 0 saturated heterocycles. The normalized spacial score (nSPS) is 26.5. The van der Waals surface area contributed by atoms with Crippen LogP contribution in [0.2, 0.25) is 0 Å². The van der Waals surface area contributed by atoms with E-state index < -0.39 is 0 Å². The van der Waals surface area contributed by atoms with Gasteiger partial charge in [0.25, 0.3) is 0 Å². The first kappa shape index (κ1) is 19.8. The Bertz CT molecular complexity index is 1170. The molecule has 6 rings (SSSR count). The average molecular weight is 430 g/mol. The number of aryl methyl sites for hydroxylation is 1. The van der Waals surface area contributed by atoms with Crippen molar-refractivity contribution >= 4 is 22.8 Å². The van der Waals surface area contributed by atoms with Crippen molar-refractivity contribution in [1.82, 2.24) is 9.55 Å². The number of methoxy groups -OCH3 is 1. The van der Waals surface area contributed by atoms with Crippen molar-refractivity contribution in [2.75, 3.05) is 12.0 Å². The second kappa shape index (κ2) is 7.65. The number of benzene rings is 2. The Morgan fingerprint density at radius 1 is 1.09 bits per heavy atom. The lowest BCUT2D eigenvalue weighted by molar-refractivity contribution is 0.175. The summed E-state index contributed by atoms with van der Waals surface area (Å²) in [6.45, 7) is 2.10. The molecule has 0 spiro atoms. The highest BCUT2D eigenvalue weighted by Crippen LogP contribution is 2.52. The SMILES string of the molecule is COC(=O)N1c2ccc3c(nc(Cc4ccccc4)n3[C@H]3C[C@@H]4CC[C@H]3C4)c2CC[C@@H]1C.